The Bertz CT molecular complexity index is 174. The van der Waals surface area contributed by atoms with Crippen LogP contribution in [0.2, 0.25) is 0 Å². The second kappa shape index (κ2) is 6.43. The molecule has 2 rings (SSSR count). The maximum atomic E-state index is 9.32. The van der Waals surface area contributed by atoms with Gasteiger partial charge < -0.3 is 15.2 Å². The Morgan fingerprint density at radius 3 is 2.47 bits per heavy atom. The fraction of sp³-hybridized carbons (Fsp3) is 1.00. The summed E-state index contributed by atoms with van der Waals surface area (Å²) < 4.78 is 5.13. The minimum Gasteiger partial charge on any atom is -0.392 e. The van der Waals surface area contributed by atoms with Crippen LogP contribution in [0.5, 0.6) is 0 Å². The van der Waals surface area contributed by atoms with E-state index in [0.29, 0.717) is 12.1 Å². The van der Waals surface area contributed by atoms with E-state index in [1.165, 1.54) is 0 Å². The molecule has 2 heterocycles. The van der Waals surface area contributed by atoms with Gasteiger partial charge in [0.15, 0.2) is 0 Å². The van der Waals surface area contributed by atoms with Crippen molar-refractivity contribution in [1.29, 1.82) is 0 Å². The molecule has 2 fully saturated rings. The summed E-state index contributed by atoms with van der Waals surface area (Å²) in [7, 11) is 2.12. The van der Waals surface area contributed by atoms with E-state index in [2.05, 4.69) is 17.3 Å². The number of hydrogen-bond acceptors (Lipinski definition) is 4. The van der Waals surface area contributed by atoms with Gasteiger partial charge in [0, 0.05) is 19.1 Å². The summed E-state index contributed by atoms with van der Waals surface area (Å²) in [5, 5.41) is 12.6. The number of rotatable bonds is 3. The van der Waals surface area contributed by atoms with Gasteiger partial charge in [-0.05, 0) is 13.5 Å². The lowest BCUT2D eigenvalue weighted by atomic mass is 10.1. The van der Waals surface area contributed by atoms with Crippen LogP contribution >= 0.6 is 0 Å². The Hall–Kier alpha value is -0.160. The molecule has 2 aliphatic rings. The first-order valence-electron chi connectivity index (χ1n) is 5.95. The van der Waals surface area contributed by atoms with Crippen LogP contribution < -0.4 is 5.32 Å². The Kier molecular flexibility index (Phi) is 5.53. The van der Waals surface area contributed by atoms with E-state index >= 15 is 0 Å². The standard InChI is InChI=1S/C9H18N2O2.C2H6/c1-11(8-5-13-6-8)4-7-2-9(12)3-10-7;1-2/h7-10,12H,2-6H2,1H3;1-2H3. The number of nitrogens with one attached hydrogen (secondary N) is 1. The summed E-state index contributed by atoms with van der Waals surface area (Å²) in [6.07, 6.45) is 0.744. The molecule has 0 aliphatic carbocycles. The van der Waals surface area contributed by atoms with Crippen molar-refractivity contribution in [3.05, 3.63) is 0 Å². The zero-order valence-corrected chi connectivity index (χ0v) is 10.1. The largest absolute Gasteiger partial charge is 0.392 e. The Morgan fingerprint density at radius 1 is 1.40 bits per heavy atom. The van der Waals surface area contributed by atoms with E-state index in [1.54, 1.807) is 0 Å². The lowest BCUT2D eigenvalue weighted by Crippen LogP contribution is -2.50. The first kappa shape index (κ1) is 12.9. The Balaban J connectivity index is 0.000000531. The first-order valence-corrected chi connectivity index (χ1v) is 5.95. The van der Waals surface area contributed by atoms with Gasteiger partial charge in [-0.15, -0.1) is 0 Å². The summed E-state index contributed by atoms with van der Waals surface area (Å²) in [6.45, 7) is 7.50. The van der Waals surface area contributed by atoms with Gasteiger partial charge in [-0.3, -0.25) is 4.90 Å². The lowest BCUT2D eigenvalue weighted by Gasteiger charge is -2.35. The monoisotopic (exact) mass is 216 g/mol. The quantitative estimate of drug-likeness (QED) is 0.700. The molecule has 2 N–H and O–H groups in total. The van der Waals surface area contributed by atoms with Crippen molar-refractivity contribution in [3.63, 3.8) is 0 Å². The van der Waals surface area contributed by atoms with Crippen LogP contribution in [0.1, 0.15) is 20.3 Å². The van der Waals surface area contributed by atoms with Crippen LogP contribution in [-0.2, 0) is 4.74 Å². The van der Waals surface area contributed by atoms with E-state index in [1.807, 2.05) is 13.8 Å². The highest BCUT2D eigenvalue weighted by Crippen LogP contribution is 2.12. The zero-order chi connectivity index (χ0) is 11.3. The second-order valence-corrected chi connectivity index (χ2v) is 4.13. The third-order valence-corrected chi connectivity index (χ3v) is 2.95. The van der Waals surface area contributed by atoms with E-state index in [-0.39, 0.29) is 6.10 Å². The topological polar surface area (TPSA) is 44.7 Å². The number of nitrogens with zero attached hydrogens (tertiary/aromatic N) is 1. The molecule has 0 bridgehead atoms. The molecule has 0 aromatic heterocycles. The lowest BCUT2D eigenvalue weighted by molar-refractivity contribution is -0.0578. The Morgan fingerprint density at radius 2 is 2.07 bits per heavy atom. The summed E-state index contributed by atoms with van der Waals surface area (Å²) >= 11 is 0. The van der Waals surface area contributed by atoms with Gasteiger partial charge in [-0.2, -0.15) is 0 Å². The molecular weight excluding hydrogens is 192 g/mol. The number of aliphatic hydroxyl groups excluding tert-OH is 1. The zero-order valence-electron chi connectivity index (χ0n) is 10.1. The number of ether oxygens (including phenoxy) is 1. The maximum absolute atomic E-state index is 9.32. The predicted octanol–water partition coefficient (Wildman–Crippen LogP) is 0.0660. The molecular formula is C11H24N2O2. The minimum atomic E-state index is -0.143. The molecule has 0 amide bonds. The van der Waals surface area contributed by atoms with Crippen molar-refractivity contribution < 1.29 is 9.84 Å². The van der Waals surface area contributed by atoms with E-state index in [4.69, 9.17) is 4.74 Å². The van der Waals surface area contributed by atoms with Crippen LogP contribution in [-0.4, -0.2) is 61.5 Å². The van der Waals surface area contributed by atoms with Gasteiger partial charge in [0.05, 0.1) is 25.4 Å². The molecule has 2 aliphatic heterocycles. The van der Waals surface area contributed by atoms with E-state index in [9.17, 15) is 5.11 Å². The fourth-order valence-electron chi connectivity index (χ4n) is 1.91. The highest BCUT2D eigenvalue weighted by molar-refractivity contribution is 4.85. The van der Waals surface area contributed by atoms with Crippen LogP contribution in [0.15, 0.2) is 0 Å². The molecule has 0 aromatic carbocycles. The molecule has 4 nitrogen and oxygen atoms in total. The number of aliphatic hydroxyl groups is 1. The molecule has 15 heavy (non-hydrogen) atoms. The van der Waals surface area contributed by atoms with Gasteiger partial charge in [0.1, 0.15) is 0 Å². The normalized spacial score (nSPS) is 31.0. The van der Waals surface area contributed by atoms with Gasteiger partial charge in [0.2, 0.25) is 0 Å². The second-order valence-electron chi connectivity index (χ2n) is 4.13. The molecule has 90 valence electrons. The SMILES string of the molecule is CC.CN(CC1CC(O)CN1)C1COC1. The van der Waals surface area contributed by atoms with Crippen molar-refractivity contribution in [2.24, 2.45) is 0 Å². The maximum Gasteiger partial charge on any atom is 0.0680 e. The molecule has 2 saturated heterocycles. The third-order valence-electron chi connectivity index (χ3n) is 2.95. The number of likely N-dealkylation sites (N-methyl/N-ethyl adjacent to an activating group) is 1. The van der Waals surface area contributed by atoms with Gasteiger partial charge in [-0.1, -0.05) is 13.8 Å². The summed E-state index contributed by atoms with van der Waals surface area (Å²) in [6, 6.07) is 1.06. The smallest absolute Gasteiger partial charge is 0.0680 e. The summed E-state index contributed by atoms with van der Waals surface area (Å²) in [5.41, 5.74) is 0. The van der Waals surface area contributed by atoms with Gasteiger partial charge >= 0.3 is 0 Å². The van der Waals surface area contributed by atoms with Crippen molar-refractivity contribution in [2.75, 3.05) is 33.4 Å². The number of hydrogen-bond donors (Lipinski definition) is 2. The van der Waals surface area contributed by atoms with Crippen molar-refractivity contribution in [2.45, 2.75) is 38.5 Å². The van der Waals surface area contributed by atoms with E-state index < -0.39 is 0 Å². The molecule has 0 saturated carbocycles. The summed E-state index contributed by atoms with van der Waals surface area (Å²) in [4.78, 5) is 2.32. The van der Waals surface area contributed by atoms with Crippen LogP contribution in [0.25, 0.3) is 0 Å². The van der Waals surface area contributed by atoms with Crippen molar-refractivity contribution >= 4 is 0 Å². The average molecular weight is 216 g/mol. The first-order chi connectivity index (χ1) is 7.25. The molecule has 2 atom stereocenters. The van der Waals surface area contributed by atoms with Gasteiger partial charge in [0.25, 0.3) is 0 Å². The molecule has 2 unspecified atom stereocenters. The average Bonchev–Trinajstić information content (AvgIpc) is 2.51. The molecule has 4 heteroatoms. The highest BCUT2D eigenvalue weighted by atomic mass is 16.5. The minimum absolute atomic E-state index is 0.143. The predicted molar refractivity (Wildman–Crippen MR) is 61.0 cm³/mol. The molecule has 0 aromatic rings. The Labute approximate surface area is 92.6 Å². The van der Waals surface area contributed by atoms with E-state index in [0.717, 1.165) is 32.7 Å². The highest BCUT2D eigenvalue weighted by Gasteiger charge is 2.28. The third kappa shape index (κ3) is 3.72. The van der Waals surface area contributed by atoms with Crippen LogP contribution in [0, 0.1) is 0 Å². The molecule has 0 spiro atoms. The van der Waals surface area contributed by atoms with Crippen molar-refractivity contribution in [3.8, 4) is 0 Å². The van der Waals surface area contributed by atoms with Crippen LogP contribution in [0.4, 0.5) is 0 Å². The van der Waals surface area contributed by atoms with Crippen LogP contribution in [0.3, 0.4) is 0 Å². The number of β-amino-alcohol motifs (C(OH)–C–C–N with tert-alkyl or cyclic N) is 1. The summed E-state index contributed by atoms with van der Waals surface area (Å²) in [5.74, 6) is 0. The fourth-order valence-corrected chi connectivity index (χ4v) is 1.91. The molecule has 0 radical (unpaired) electrons. The van der Waals surface area contributed by atoms with Gasteiger partial charge in [-0.25, -0.2) is 0 Å². The van der Waals surface area contributed by atoms with Crippen molar-refractivity contribution in [1.82, 2.24) is 10.2 Å².